The summed E-state index contributed by atoms with van der Waals surface area (Å²) >= 11 is 23.4. The molecule has 35 heteroatoms. The first kappa shape index (κ1) is 89.9. The molecule has 0 aliphatic rings. The first-order chi connectivity index (χ1) is 54.6. The van der Waals surface area contributed by atoms with Crippen molar-refractivity contribution >= 4 is 151 Å². The largest absolute Gasteiger partial charge is 0.444 e. The van der Waals surface area contributed by atoms with Crippen LogP contribution in [0, 0.1) is 38.3 Å². The highest BCUT2D eigenvalue weighted by molar-refractivity contribution is 9.10. The number of hydrogen-bond donors (Lipinski definition) is 5. The van der Waals surface area contributed by atoms with Crippen LogP contribution in [0.4, 0.5) is 28.4 Å². The van der Waals surface area contributed by atoms with Crippen LogP contribution in [-0.2, 0) is 36.3 Å². The van der Waals surface area contributed by atoms with Crippen LogP contribution in [0.25, 0.3) is 91.9 Å². The van der Waals surface area contributed by atoms with Gasteiger partial charge in [-0.2, -0.15) is 0 Å². The van der Waals surface area contributed by atoms with Gasteiger partial charge in [-0.1, -0.05) is 217 Å². The second kappa shape index (κ2) is 47.3. The van der Waals surface area contributed by atoms with Gasteiger partial charge in [0.1, 0.15) is 37.2 Å². The van der Waals surface area contributed by atoms with Crippen LogP contribution in [0.3, 0.4) is 0 Å². The van der Waals surface area contributed by atoms with E-state index in [0.29, 0.717) is 127 Å². The molecule has 0 radical (unpaired) electrons. The third-order valence-electron chi connectivity index (χ3n) is 14.3. The molecule has 114 heavy (non-hydrogen) atoms. The maximum Gasteiger partial charge on any atom is 0.261 e. The van der Waals surface area contributed by atoms with Crippen molar-refractivity contribution in [3.8, 4) is 57.3 Å². The van der Waals surface area contributed by atoms with E-state index in [1.165, 1.54) is 59.9 Å². The Kier molecular flexibility index (Phi) is 37.3. The van der Waals surface area contributed by atoms with E-state index in [9.17, 15) is 19.2 Å². The Hall–Kier alpha value is -12.9. The number of nitrogens with two attached hydrogens (primary N) is 2. The Bertz CT molecular complexity index is 5490. The molecule has 0 aliphatic carbocycles. The van der Waals surface area contributed by atoms with Gasteiger partial charge in [0.2, 0.25) is 35.4 Å². The van der Waals surface area contributed by atoms with E-state index < -0.39 is 5.91 Å². The number of alkyl halides is 3. The molecule has 0 unspecified atom stereocenters. The van der Waals surface area contributed by atoms with Crippen molar-refractivity contribution in [3.05, 3.63) is 327 Å². The summed E-state index contributed by atoms with van der Waals surface area (Å²) in [5.74, 6) is 2.22. The topological polar surface area (TPSA) is 372 Å². The summed E-state index contributed by atoms with van der Waals surface area (Å²) in [5, 5.41) is 18.5. The van der Waals surface area contributed by atoms with Gasteiger partial charge in [0.25, 0.3) is 11.8 Å². The molecule has 576 valence electrons. The maximum atomic E-state index is 12.0. The standard InChI is InChI=1S/C18H17ClN4O2S.C16H10ClN3O2S.C11H7BrN2O.C11H7N5O.C11H9N3O.C8H6N2O.C3H4Br2O.CH4/c1-23(2)16(20)11-3-5-12(6-4-11)18-22-13(10-25-18)9-21-17(24)14-7-8-15(19)26-14;1-18-11-4-2-10(3-5-11)16-20-12(9-22-16)8-19-15(21)13-6-7-14(17)23-13;1-13-9-4-2-8(3-5-9)11-14-10(6-12)7-15-11;1-13-9-4-2-8(3-5-9)11-15-10(7-17-11)6-14-16-12;1-13-9-4-2-8(3-5-9)11-14-10(6-12)7-15-11;1-10-7-4-2-6(3-5-7)8(9)11;4-1-3(6)2-5;/h3-8,10,20H,9H2,1-2H3,(H,21,24);2-7,9H,8H2,(H,19,21);2-5,7H,6H2;2-5,7H,6H2;2-5,7H,6,12H2;2-5H,(H2,9,11);1-2H2;1H4. The molecule has 7 aromatic heterocycles. The van der Waals surface area contributed by atoms with Gasteiger partial charge in [0.05, 0.1) is 110 Å². The van der Waals surface area contributed by atoms with Crippen molar-refractivity contribution in [2.45, 2.75) is 38.9 Å². The molecule has 0 saturated carbocycles. The van der Waals surface area contributed by atoms with Gasteiger partial charge < -0.3 is 49.1 Å². The molecule has 6 aromatic carbocycles. The molecular formula is C79H64Br3Cl2N19O9S2. The Labute approximate surface area is 697 Å². The van der Waals surface area contributed by atoms with Crippen molar-refractivity contribution in [2.75, 3.05) is 24.8 Å². The number of amides is 3. The predicted octanol–water partition coefficient (Wildman–Crippen LogP) is 21.6. The highest BCUT2D eigenvalue weighted by atomic mass is 79.9. The minimum absolute atomic E-state index is 0. The Morgan fingerprint density at radius 3 is 1.05 bits per heavy atom. The van der Waals surface area contributed by atoms with E-state index >= 15 is 0 Å². The minimum Gasteiger partial charge on any atom is -0.444 e. The smallest absolute Gasteiger partial charge is 0.261 e. The number of primary amides is 1. The number of oxazole rings is 5. The SMILES string of the molecule is C.CN(C)C(=N)c1ccc(-c2nc(CNC(=O)c3ccc(Cl)s3)co2)cc1.O=C(CBr)CBr.[C-]#[N+]c1ccc(-c2nc(CBr)co2)cc1.[C-]#[N+]c1ccc(-c2nc(CN)co2)cc1.[C-]#[N+]c1ccc(-c2nc(CN=[N+]=[N-])co2)cc1.[C-]#[N+]c1ccc(-c2nc(CNC(=O)c3ccc(Cl)s3)co2)cc1.[C-]#[N+]c1ccc(C(N)=O)cc1. The summed E-state index contributed by atoms with van der Waals surface area (Å²) < 4.78 is 27.8. The number of nitrogens with zero attached hydrogens (tertiary/aromatic N) is 14. The van der Waals surface area contributed by atoms with E-state index in [1.807, 2.05) is 50.5 Å². The number of ketones is 1. The second-order valence-electron chi connectivity index (χ2n) is 22.3. The van der Waals surface area contributed by atoms with E-state index in [2.05, 4.69) is 118 Å². The van der Waals surface area contributed by atoms with E-state index in [0.717, 1.165) is 44.8 Å². The lowest BCUT2D eigenvalue weighted by molar-refractivity contribution is -0.114. The highest BCUT2D eigenvalue weighted by Gasteiger charge is 2.16. The van der Waals surface area contributed by atoms with E-state index in [-0.39, 0.29) is 44.7 Å². The zero-order valence-corrected chi connectivity index (χ0v) is 67.2. The average Bonchev–Trinajstić information content (AvgIpc) is 1.70. The van der Waals surface area contributed by atoms with E-state index in [4.69, 9.17) is 101 Å². The zero-order valence-electron chi connectivity index (χ0n) is 59.3. The molecule has 3 amide bonds. The Balaban J connectivity index is 0.000000213. The molecule has 7 N–H and O–H groups in total. The molecule has 7 heterocycles. The quantitative estimate of drug-likeness (QED) is 0.00955. The zero-order chi connectivity index (χ0) is 81.6. The van der Waals surface area contributed by atoms with Crippen LogP contribution < -0.4 is 22.1 Å². The summed E-state index contributed by atoms with van der Waals surface area (Å²) in [7, 11) is 3.66. The lowest BCUT2D eigenvalue weighted by atomic mass is 10.1. The maximum absolute atomic E-state index is 12.0. The third-order valence-corrected chi connectivity index (χ3v) is 18.5. The third kappa shape index (κ3) is 28.7. The number of Topliss-reactive ketones (excluding diaryl/α,β-unsaturated/α-hetero) is 1. The second-order valence-corrected chi connectivity index (χ2v) is 27.4. The van der Waals surface area contributed by atoms with Crippen LogP contribution in [0.15, 0.2) is 228 Å². The molecule has 0 atom stereocenters. The summed E-state index contributed by atoms with van der Waals surface area (Å²) in [6.07, 6.45) is 7.63. The predicted molar refractivity (Wildman–Crippen MR) is 450 cm³/mol. The lowest BCUT2D eigenvalue weighted by Gasteiger charge is -2.13. The molecule has 0 aliphatic heterocycles. The van der Waals surface area contributed by atoms with Gasteiger partial charge in [0, 0.05) is 69.8 Å². The Morgan fingerprint density at radius 1 is 0.482 bits per heavy atom. The minimum atomic E-state index is -0.471. The number of amidine groups is 1. The normalized spacial score (nSPS) is 9.75. The number of benzene rings is 6. The molecule has 0 spiro atoms. The van der Waals surface area contributed by atoms with Gasteiger partial charge in [-0.15, -0.1) is 22.7 Å². The summed E-state index contributed by atoms with van der Waals surface area (Å²) in [4.78, 5) is 87.8. The van der Waals surface area contributed by atoms with E-state index in [1.54, 1.807) is 132 Å². The lowest BCUT2D eigenvalue weighted by Crippen LogP contribution is -2.21. The first-order valence-corrected chi connectivity index (χ1v) is 38.1. The molecule has 0 fully saturated rings. The molecule has 13 aromatic rings. The van der Waals surface area contributed by atoms with Gasteiger partial charge in [-0.05, 0) is 41.9 Å². The number of rotatable bonds is 19. The van der Waals surface area contributed by atoms with Crippen molar-refractivity contribution in [2.24, 2.45) is 16.6 Å². The van der Waals surface area contributed by atoms with Crippen molar-refractivity contribution in [1.82, 2.24) is 40.5 Å². The fourth-order valence-electron chi connectivity index (χ4n) is 8.56. The molecular weight excluding hydrogens is 1730 g/mol. The van der Waals surface area contributed by atoms with Gasteiger partial charge in [0.15, 0.2) is 34.2 Å². The first-order valence-electron chi connectivity index (χ1n) is 32.4. The van der Waals surface area contributed by atoms with Crippen molar-refractivity contribution in [3.63, 3.8) is 0 Å². The van der Waals surface area contributed by atoms with Gasteiger partial charge >= 0.3 is 0 Å². The number of carbonyl (C=O) groups excluding carboxylic acids is 4. The van der Waals surface area contributed by atoms with Crippen LogP contribution >= 0.6 is 93.7 Å². The Morgan fingerprint density at radius 2 is 0.781 bits per heavy atom. The number of nitrogens with one attached hydrogen (secondary N) is 3. The van der Waals surface area contributed by atoms with Crippen LogP contribution in [0.2, 0.25) is 8.67 Å². The van der Waals surface area contributed by atoms with Gasteiger partial charge in [-0.3, -0.25) is 24.6 Å². The molecule has 28 nitrogen and oxygen atoms in total. The number of aromatic nitrogens is 5. The molecule has 0 bridgehead atoms. The molecule has 13 rings (SSSR count). The van der Waals surface area contributed by atoms with Crippen LogP contribution in [-0.4, -0.2) is 83.9 Å². The molecule has 0 saturated heterocycles. The van der Waals surface area contributed by atoms with Crippen molar-refractivity contribution in [1.29, 1.82) is 5.41 Å². The summed E-state index contributed by atoms with van der Waals surface area (Å²) in [6, 6.07) is 48.4. The number of hydrogen-bond acceptors (Lipinski definition) is 19. The van der Waals surface area contributed by atoms with Gasteiger partial charge in [-0.25, -0.2) is 49.1 Å². The fourth-order valence-corrected chi connectivity index (χ4v) is 11.7. The number of thiophene rings is 2. The van der Waals surface area contributed by atoms with Crippen LogP contribution in [0.1, 0.15) is 71.2 Å². The number of halogens is 5. The highest BCUT2D eigenvalue weighted by Crippen LogP contribution is 2.29. The fraction of sp³-hybridized carbons (Fsp3) is 0.127. The summed E-state index contributed by atoms with van der Waals surface area (Å²) in [6.45, 7) is 35.1. The average molecular weight is 1800 g/mol. The summed E-state index contributed by atoms with van der Waals surface area (Å²) in [5.41, 5.74) is 30.2. The van der Waals surface area contributed by atoms with Crippen molar-refractivity contribution < 1.29 is 41.3 Å². The monoisotopic (exact) mass is 1790 g/mol. The number of azide groups is 1. The number of carbonyl (C=O) groups is 4. The van der Waals surface area contributed by atoms with Crippen LogP contribution in [0.5, 0.6) is 0 Å².